The number of anilines is 1. The maximum absolute atomic E-state index is 12.3. The number of para-hydroxylation sites is 1. The molecule has 32 heavy (non-hydrogen) atoms. The minimum Gasteiger partial charge on any atom is -0.361 e. The first kappa shape index (κ1) is 23.9. The zero-order valence-corrected chi connectivity index (χ0v) is 20.7. The first-order valence-corrected chi connectivity index (χ1v) is 10.9. The second kappa shape index (κ2) is 11.8. The molecule has 0 atom stereocenters. The van der Waals surface area contributed by atoms with Gasteiger partial charge >= 0.3 is 6.03 Å². The lowest BCUT2D eigenvalue weighted by Gasteiger charge is -2.17. The fraction of sp³-hybridized carbons (Fsp3) is 0.333. The van der Waals surface area contributed by atoms with Crippen LogP contribution < -0.4 is 16.0 Å². The number of nitrogens with zero attached hydrogens (tertiary/aromatic N) is 2. The summed E-state index contributed by atoms with van der Waals surface area (Å²) in [5, 5.41) is 11.0. The van der Waals surface area contributed by atoms with Crippen molar-refractivity contribution in [1.82, 2.24) is 20.5 Å². The summed E-state index contributed by atoms with van der Waals surface area (Å²) in [6.45, 7) is 3.09. The molecule has 0 aliphatic carbocycles. The van der Waals surface area contributed by atoms with Crippen molar-refractivity contribution >= 4 is 52.6 Å². The molecule has 1 fully saturated rings. The molecule has 170 valence electrons. The maximum Gasteiger partial charge on any atom is 0.321 e. The topological polar surface area (TPSA) is 84.5 Å². The summed E-state index contributed by atoms with van der Waals surface area (Å²) in [7, 11) is 1.77. The molecule has 0 bridgehead atoms. The summed E-state index contributed by atoms with van der Waals surface area (Å²) in [4.78, 5) is 21.8. The SMILES string of the molecule is CN=C(NCCc1c[nH]c2ccccc12)NCc1cccc(NC(=O)N2CCCC2)c1.I. The molecule has 8 heteroatoms. The number of hydrogen-bond donors (Lipinski definition) is 4. The van der Waals surface area contributed by atoms with Crippen molar-refractivity contribution in [3.05, 3.63) is 65.9 Å². The fourth-order valence-corrected chi connectivity index (χ4v) is 3.94. The lowest BCUT2D eigenvalue weighted by atomic mass is 10.1. The Morgan fingerprint density at radius 1 is 1.09 bits per heavy atom. The van der Waals surface area contributed by atoms with Crippen LogP contribution in [-0.2, 0) is 13.0 Å². The number of halogens is 1. The molecule has 1 aromatic heterocycles. The number of hydrogen-bond acceptors (Lipinski definition) is 2. The van der Waals surface area contributed by atoms with E-state index < -0.39 is 0 Å². The molecule has 1 aliphatic rings. The molecule has 1 aliphatic heterocycles. The molecule has 4 rings (SSSR count). The lowest BCUT2D eigenvalue weighted by Crippen LogP contribution is -2.37. The molecule has 3 aromatic rings. The molecule has 0 spiro atoms. The van der Waals surface area contributed by atoms with E-state index in [1.165, 1.54) is 10.9 Å². The van der Waals surface area contributed by atoms with Crippen molar-refractivity contribution in [1.29, 1.82) is 0 Å². The highest BCUT2D eigenvalue weighted by atomic mass is 127. The van der Waals surface area contributed by atoms with Gasteiger partial charge in [0.1, 0.15) is 0 Å². The van der Waals surface area contributed by atoms with Crippen molar-refractivity contribution < 1.29 is 4.79 Å². The number of H-pyrrole nitrogens is 1. The van der Waals surface area contributed by atoms with Crippen molar-refractivity contribution in [2.45, 2.75) is 25.8 Å². The molecule has 0 radical (unpaired) electrons. The quantitative estimate of drug-likeness (QED) is 0.211. The number of benzene rings is 2. The van der Waals surface area contributed by atoms with Gasteiger partial charge in [-0.2, -0.15) is 0 Å². The van der Waals surface area contributed by atoms with Gasteiger partial charge in [-0.05, 0) is 48.6 Å². The molecule has 2 amide bonds. The van der Waals surface area contributed by atoms with E-state index in [1.807, 2.05) is 35.2 Å². The van der Waals surface area contributed by atoms with Crippen LogP contribution in [0, 0.1) is 0 Å². The Labute approximate surface area is 206 Å². The van der Waals surface area contributed by atoms with Crippen LogP contribution in [0.25, 0.3) is 10.9 Å². The highest BCUT2D eigenvalue weighted by Crippen LogP contribution is 2.18. The Hall–Kier alpha value is -2.75. The van der Waals surface area contributed by atoms with E-state index in [9.17, 15) is 4.79 Å². The van der Waals surface area contributed by atoms with Crippen LogP contribution in [0.1, 0.15) is 24.0 Å². The monoisotopic (exact) mass is 546 g/mol. The average molecular weight is 546 g/mol. The van der Waals surface area contributed by atoms with E-state index in [4.69, 9.17) is 0 Å². The van der Waals surface area contributed by atoms with Crippen molar-refractivity contribution in [2.24, 2.45) is 4.99 Å². The third-order valence-electron chi connectivity index (χ3n) is 5.62. The van der Waals surface area contributed by atoms with Gasteiger partial charge in [0.15, 0.2) is 5.96 Å². The fourth-order valence-electron chi connectivity index (χ4n) is 3.94. The van der Waals surface area contributed by atoms with Crippen LogP contribution in [0.4, 0.5) is 10.5 Å². The highest BCUT2D eigenvalue weighted by molar-refractivity contribution is 14.0. The second-order valence-corrected chi connectivity index (χ2v) is 7.79. The number of guanidine groups is 1. The number of nitrogens with one attached hydrogen (secondary N) is 4. The predicted octanol–water partition coefficient (Wildman–Crippen LogP) is 4.32. The third-order valence-corrected chi connectivity index (χ3v) is 5.62. The van der Waals surface area contributed by atoms with Gasteiger partial charge in [0, 0.05) is 56.0 Å². The number of aliphatic imine (C=N–C) groups is 1. The lowest BCUT2D eigenvalue weighted by molar-refractivity contribution is 0.222. The largest absolute Gasteiger partial charge is 0.361 e. The van der Waals surface area contributed by atoms with Gasteiger partial charge in [0.05, 0.1) is 0 Å². The molecule has 7 nitrogen and oxygen atoms in total. The molecular weight excluding hydrogens is 515 g/mol. The Morgan fingerprint density at radius 2 is 1.91 bits per heavy atom. The van der Waals surface area contributed by atoms with Gasteiger partial charge in [0.2, 0.25) is 0 Å². The number of carbonyl (C=O) groups is 1. The van der Waals surface area contributed by atoms with Crippen molar-refractivity contribution in [3.8, 4) is 0 Å². The Morgan fingerprint density at radius 3 is 2.72 bits per heavy atom. The minimum atomic E-state index is -0.0163. The van der Waals surface area contributed by atoms with E-state index in [0.29, 0.717) is 6.54 Å². The van der Waals surface area contributed by atoms with Crippen molar-refractivity contribution in [2.75, 3.05) is 32.0 Å². The number of aromatic nitrogens is 1. The molecule has 1 saturated heterocycles. The van der Waals surface area contributed by atoms with Crippen LogP contribution in [0.15, 0.2) is 59.7 Å². The molecular formula is C24H31IN6O. The number of likely N-dealkylation sites (tertiary alicyclic amines) is 1. The van der Waals surface area contributed by atoms with E-state index in [0.717, 1.165) is 61.6 Å². The van der Waals surface area contributed by atoms with Crippen LogP contribution in [0.5, 0.6) is 0 Å². The normalized spacial score (nSPS) is 13.7. The summed E-state index contributed by atoms with van der Waals surface area (Å²) >= 11 is 0. The number of aromatic amines is 1. The van der Waals surface area contributed by atoms with E-state index >= 15 is 0 Å². The zero-order valence-electron chi connectivity index (χ0n) is 18.4. The predicted molar refractivity (Wildman–Crippen MR) is 142 cm³/mol. The van der Waals surface area contributed by atoms with Gasteiger partial charge in [0.25, 0.3) is 0 Å². The highest BCUT2D eigenvalue weighted by Gasteiger charge is 2.17. The number of fused-ring (bicyclic) bond motifs is 1. The molecule has 0 unspecified atom stereocenters. The summed E-state index contributed by atoms with van der Waals surface area (Å²) in [5.74, 6) is 0.756. The molecule has 4 N–H and O–H groups in total. The zero-order chi connectivity index (χ0) is 21.5. The van der Waals surface area contributed by atoms with Gasteiger partial charge in [-0.15, -0.1) is 24.0 Å². The first-order valence-electron chi connectivity index (χ1n) is 10.9. The van der Waals surface area contributed by atoms with Crippen LogP contribution >= 0.6 is 24.0 Å². The van der Waals surface area contributed by atoms with E-state index in [2.05, 4.69) is 50.3 Å². The molecule has 2 heterocycles. The van der Waals surface area contributed by atoms with Crippen molar-refractivity contribution in [3.63, 3.8) is 0 Å². The van der Waals surface area contributed by atoms with Gasteiger partial charge in [-0.25, -0.2) is 4.79 Å². The van der Waals surface area contributed by atoms with Gasteiger partial charge in [-0.1, -0.05) is 30.3 Å². The molecule has 2 aromatic carbocycles. The number of urea groups is 1. The summed E-state index contributed by atoms with van der Waals surface area (Å²) in [5.41, 5.74) is 4.36. The van der Waals surface area contributed by atoms with Gasteiger partial charge < -0.3 is 25.8 Å². The minimum absolute atomic E-state index is 0. The van der Waals surface area contributed by atoms with Crippen LogP contribution in [-0.4, -0.2) is 48.6 Å². The average Bonchev–Trinajstić information content (AvgIpc) is 3.47. The number of carbonyl (C=O) groups excluding carboxylic acids is 1. The second-order valence-electron chi connectivity index (χ2n) is 7.79. The van der Waals surface area contributed by atoms with E-state index in [-0.39, 0.29) is 30.0 Å². The summed E-state index contributed by atoms with van der Waals surface area (Å²) in [6, 6.07) is 16.2. The van der Waals surface area contributed by atoms with Crippen LogP contribution in [0.2, 0.25) is 0 Å². The number of rotatable bonds is 6. The Bertz CT molecular complexity index is 1060. The van der Waals surface area contributed by atoms with E-state index in [1.54, 1.807) is 7.05 Å². The van der Waals surface area contributed by atoms with Gasteiger partial charge in [-0.3, -0.25) is 4.99 Å². The Kier molecular flexibility index (Phi) is 8.78. The van der Waals surface area contributed by atoms with Crippen LogP contribution in [0.3, 0.4) is 0 Å². The third kappa shape index (κ3) is 6.15. The summed E-state index contributed by atoms with van der Waals surface area (Å²) in [6.07, 6.45) is 5.15. The maximum atomic E-state index is 12.3. The Balaban J connectivity index is 0.00000289. The standard InChI is InChI=1S/C24H30N6O.HI/c1-25-23(26-12-11-19-17-27-22-10-3-2-9-21(19)22)28-16-18-7-6-8-20(15-18)29-24(31)30-13-4-5-14-30;/h2-3,6-10,15,17,27H,4-5,11-14,16H2,1H3,(H,29,31)(H2,25,26,28);1H. The first-order chi connectivity index (χ1) is 15.2. The molecule has 0 saturated carbocycles. The number of amides is 2. The smallest absolute Gasteiger partial charge is 0.321 e. The summed E-state index contributed by atoms with van der Waals surface area (Å²) < 4.78 is 0.